The Kier molecular flexibility index (Phi) is 4.21. The van der Waals surface area contributed by atoms with Crippen molar-refractivity contribution < 1.29 is 0 Å². The van der Waals surface area contributed by atoms with Crippen LogP contribution >= 0.6 is 0 Å². The van der Waals surface area contributed by atoms with Crippen LogP contribution in [-0.4, -0.2) is 0 Å². The Bertz CT molecular complexity index is 959. The molecule has 126 valence electrons. The zero-order valence-corrected chi connectivity index (χ0v) is 15.5. The van der Waals surface area contributed by atoms with E-state index in [1.54, 1.807) is 5.56 Å². The van der Waals surface area contributed by atoms with E-state index in [-0.39, 0.29) is 0 Å². The molecule has 0 aliphatic heterocycles. The van der Waals surface area contributed by atoms with Crippen LogP contribution in [0.3, 0.4) is 0 Å². The monoisotopic (exact) mass is 326 g/mol. The molecule has 3 aromatic rings. The van der Waals surface area contributed by atoms with Gasteiger partial charge in [0.05, 0.1) is 0 Å². The van der Waals surface area contributed by atoms with Crippen LogP contribution in [0.25, 0.3) is 16.8 Å². The SMILES string of the molecule is CCCCc1c(C)c(C2C(C)=Cc3ccccc32)cc2ccccc12. The molecule has 0 heterocycles. The molecule has 4 rings (SSSR count). The summed E-state index contributed by atoms with van der Waals surface area (Å²) in [6.45, 7) is 6.90. The van der Waals surface area contributed by atoms with Gasteiger partial charge in [-0.15, -0.1) is 0 Å². The molecule has 0 spiro atoms. The van der Waals surface area contributed by atoms with Gasteiger partial charge in [0.25, 0.3) is 0 Å². The van der Waals surface area contributed by atoms with Gasteiger partial charge in [-0.3, -0.25) is 0 Å². The molecule has 0 saturated heterocycles. The molecule has 0 fully saturated rings. The topological polar surface area (TPSA) is 0 Å². The standard InChI is InChI=1S/C25H26/c1-4-5-12-21-18(3)24(16-20-11-6-8-13-22(20)21)25-17(2)15-19-10-7-9-14-23(19)25/h6-11,13-16,25H,4-5,12H2,1-3H3. The fourth-order valence-electron chi connectivity index (χ4n) is 4.42. The van der Waals surface area contributed by atoms with E-state index in [1.807, 2.05) is 0 Å². The minimum absolute atomic E-state index is 0.404. The molecule has 0 nitrogen and oxygen atoms in total. The third kappa shape index (κ3) is 2.70. The maximum absolute atomic E-state index is 2.43. The number of rotatable bonds is 4. The summed E-state index contributed by atoms with van der Waals surface area (Å²) < 4.78 is 0. The van der Waals surface area contributed by atoms with Gasteiger partial charge < -0.3 is 0 Å². The summed E-state index contributed by atoms with van der Waals surface area (Å²) in [6.07, 6.45) is 6.03. The zero-order chi connectivity index (χ0) is 17.4. The fourth-order valence-corrected chi connectivity index (χ4v) is 4.42. The second-order valence-electron chi connectivity index (χ2n) is 7.34. The van der Waals surface area contributed by atoms with Gasteiger partial charge in [-0.2, -0.15) is 0 Å². The Morgan fingerprint density at radius 3 is 2.48 bits per heavy atom. The lowest BCUT2D eigenvalue weighted by molar-refractivity contribution is 0.792. The predicted octanol–water partition coefficient (Wildman–Crippen LogP) is 7.04. The Balaban J connectivity index is 1.94. The molecule has 1 aliphatic carbocycles. The van der Waals surface area contributed by atoms with E-state index in [0.29, 0.717) is 5.92 Å². The molecule has 3 aromatic carbocycles. The van der Waals surface area contributed by atoms with E-state index >= 15 is 0 Å². The summed E-state index contributed by atoms with van der Waals surface area (Å²) in [5, 5.41) is 2.82. The number of fused-ring (bicyclic) bond motifs is 2. The minimum Gasteiger partial charge on any atom is -0.0654 e. The number of hydrogen-bond donors (Lipinski definition) is 0. The minimum atomic E-state index is 0.404. The first-order chi connectivity index (χ1) is 12.2. The summed E-state index contributed by atoms with van der Waals surface area (Å²) in [4.78, 5) is 0. The first-order valence-electron chi connectivity index (χ1n) is 9.49. The van der Waals surface area contributed by atoms with Gasteiger partial charge in [0, 0.05) is 5.92 Å². The van der Waals surface area contributed by atoms with Gasteiger partial charge in [-0.25, -0.2) is 0 Å². The summed E-state index contributed by atoms with van der Waals surface area (Å²) >= 11 is 0. The van der Waals surface area contributed by atoms with Gasteiger partial charge in [-0.1, -0.05) is 73.5 Å². The highest BCUT2D eigenvalue weighted by Gasteiger charge is 2.26. The molecular weight excluding hydrogens is 300 g/mol. The first-order valence-corrected chi connectivity index (χ1v) is 9.49. The maximum Gasteiger partial charge on any atom is 0.0308 e. The van der Waals surface area contributed by atoms with Gasteiger partial charge in [-0.05, 0) is 71.3 Å². The molecule has 0 N–H and O–H groups in total. The van der Waals surface area contributed by atoms with Gasteiger partial charge in [0.15, 0.2) is 0 Å². The summed E-state index contributed by atoms with van der Waals surface area (Å²) in [5.74, 6) is 0.404. The van der Waals surface area contributed by atoms with Crippen LogP contribution in [-0.2, 0) is 6.42 Å². The van der Waals surface area contributed by atoms with Crippen LogP contribution in [0.2, 0.25) is 0 Å². The zero-order valence-electron chi connectivity index (χ0n) is 15.5. The molecule has 1 atom stereocenters. The Morgan fingerprint density at radius 2 is 1.64 bits per heavy atom. The second-order valence-corrected chi connectivity index (χ2v) is 7.34. The number of unbranched alkanes of at least 4 members (excludes halogenated alkanes) is 1. The van der Waals surface area contributed by atoms with E-state index in [2.05, 4.69) is 81.4 Å². The van der Waals surface area contributed by atoms with Crippen LogP contribution in [0.1, 0.15) is 60.4 Å². The molecule has 0 aromatic heterocycles. The lowest BCUT2D eigenvalue weighted by Crippen LogP contribution is -2.05. The van der Waals surface area contributed by atoms with Crippen molar-refractivity contribution in [2.75, 3.05) is 0 Å². The Hall–Kier alpha value is -2.34. The molecule has 1 unspecified atom stereocenters. The van der Waals surface area contributed by atoms with Crippen LogP contribution in [0.15, 0.2) is 60.2 Å². The normalized spacial score (nSPS) is 16.1. The van der Waals surface area contributed by atoms with E-state index in [0.717, 1.165) is 0 Å². The highest BCUT2D eigenvalue weighted by molar-refractivity contribution is 5.88. The van der Waals surface area contributed by atoms with Crippen LogP contribution < -0.4 is 0 Å². The van der Waals surface area contributed by atoms with Crippen molar-refractivity contribution in [1.29, 1.82) is 0 Å². The van der Waals surface area contributed by atoms with Crippen molar-refractivity contribution in [3.05, 3.63) is 88.0 Å². The average Bonchev–Trinajstić information content (AvgIpc) is 2.96. The Labute approximate surface area is 151 Å². The third-order valence-corrected chi connectivity index (χ3v) is 5.72. The quantitative estimate of drug-likeness (QED) is 0.482. The smallest absolute Gasteiger partial charge is 0.0308 e. The van der Waals surface area contributed by atoms with Crippen molar-refractivity contribution in [3.8, 4) is 0 Å². The average molecular weight is 326 g/mol. The Morgan fingerprint density at radius 1 is 0.880 bits per heavy atom. The van der Waals surface area contributed by atoms with Crippen molar-refractivity contribution in [1.82, 2.24) is 0 Å². The first kappa shape index (κ1) is 16.1. The van der Waals surface area contributed by atoms with E-state index < -0.39 is 0 Å². The van der Waals surface area contributed by atoms with Crippen LogP contribution in [0, 0.1) is 6.92 Å². The molecule has 25 heavy (non-hydrogen) atoms. The van der Waals surface area contributed by atoms with Gasteiger partial charge in [0.2, 0.25) is 0 Å². The maximum atomic E-state index is 2.43. The molecule has 0 saturated carbocycles. The number of aryl methyl sites for hydroxylation is 1. The van der Waals surface area contributed by atoms with E-state index in [9.17, 15) is 0 Å². The molecule has 0 amide bonds. The predicted molar refractivity (Wildman–Crippen MR) is 109 cm³/mol. The molecule has 0 radical (unpaired) electrons. The van der Waals surface area contributed by atoms with Crippen molar-refractivity contribution in [2.24, 2.45) is 0 Å². The molecule has 0 bridgehead atoms. The lowest BCUT2D eigenvalue weighted by atomic mass is 9.82. The van der Waals surface area contributed by atoms with Gasteiger partial charge in [0.1, 0.15) is 0 Å². The highest BCUT2D eigenvalue weighted by atomic mass is 14.3. The lowest BCUT2D eigenvalue weighted by Gasteiger charge is -2.22. The summed E-state index contributed by atoms with van der Waals surface area (Å²) in [7, 11) is 0. The molecular formula is C25H26. The van der Waals surface area contributed by atoms with E-state index in [4.69, 9.17) is 0 Å². The van der Waals surface area contributed by atoms with Crippen molar-refractivity contribution >= 4 is 16.8 Å². The summed E-state index contributed by atoms with van der Waals surface area (Å²) in [6, 6.07) is 20.2. The second kappa shape index (κ2) is 6.52. The third-order valence-electron chi connectivity index (χ3n) is 5.72. The van der Waals surface area contributed by atoms with Gasteiger partial charge >= 0.3 is 0 Å². The van der Waals surface area contributed by atoms with E-state index in [1.165, 1.54) is 57.9 Å². The van der Waals surface area contributed by atoms with Crippen molar-refractivity contribution in [2.45, 2.75) is 46.0 Å². The number of benzene rings is 3. The molecule has 1 aliphatic rings. The van der Waals surface area contributed by atoms with Crippen molar-refractivity contribution in [3.63, 3.8) is 0 Å². The van der Waals surface area contributed by atoms with Crippen LogP contribution in [0.5, 0.6) is 0 Å². The molecule has 0 heteroatoms. The van der Waals surface area contributed by atoms with Crippen LogP contribution in [0.4, 0.5) is 0 Å². The largest absolute Gasteiger partial charge is 0.0654 e. The summed E-state index contributed by atoms with van der Waals surface area (Å²) in [5.41, 5.74) is 8.82. The fraction of sp³-hybridized carbons (Fsp3) is 0.280. The number of hydrogen-bond acceptors (Lipinski definition) is 0. The number of allylic oxidation sites excluding steroid dienone is 1. The highest BCUT2D eigenvalue weighted by Crippen LogP contribution is 2.43.